The lowest BCUT2D eigenvalue weighted by atomic mass is 10.0. The number of nitrogens with zero attached hydrogens (tertiary/aromatic N) is 5. The average Bonchev–Trinajstić information content (AvgIpc) is 3.25. The first kappa shape index (κ1) is 16.7. The lowest BCUT2D eigenvalue weighted by Crippen LogP contribution is -2.25. The Morgan fingerprint density at radius 2 is 2.12 bits per heavy atom. The van der Waals surface area contributed by atoms with Crippen LogP contribution in [0, 0.1) is 0 Å². The first-order chi connectivity index (χ1) is 11.8. The summed E-state index contributed by atoms with van der Waals surface area (Å²) in [6, 6.07) is 6.37. The van der Waals surface area contributed by atoms with E-state index in [0.717, 1.165) is 56.2 Å². The molecule has 0 radical (unpaired) electrons. The normalized spacial score (nSPS) is 18.0. The molecule has 1 aliphatic rings. The van der Waals surface area contributed by atoms with Crippen molar-refractivity contribution in [1.29, 1.82) is 0 Å². The zero-order valence-electron chi connectivity index (χ0n) is 14.6. The van der Waals surface area contributed by atoms with Gasteiger partial charge in [-0.3, -0.25) is 4.90 Å². The largest absolute Gasteiger partial charge is 0.497 e. The van der Waals surface area contributed by atoms with Crippen LogP contribution in [-0.4, -0.2) is 45.9 Å². The van der Waals surface area contributed by atoms with Crippen molar-refractivity contribution in [3.05, 3.63) is 29.6 Å². The van der Waals surface area contributed by atoms with Crippen molar-refractivity contribution in [1.82, 2.24) is 25.1 Å². The Morgan fingerprint density at radius 1 is 1.25 bits per heavy atom. The lowest BCUT2D eigenvalue weighted by molar-refractivity contribution is 0.232. The van der Waals surface area contributed by atoms with Crippen LogP contribution in [0.25, 0.3) is 0 Å². The van der Waals surface area contributed by atoms with Crippen molar-refractivity contribution < 1.29 is 9.47 Å². The van der Waals surface area contributed by atoms with Crippen molar-refractivity contribution in [2.45, 2.75) is 45.3 Å². The first-order valence-corrected chi connectivity index (χ1v) is 8.47. The van der Waals surface area contributed by atoms with Gasteiger partial charge in [-0.2, -0.15) is 0 Å². The fourth-order valence-corrected chi connectivity index (χ4v) is 3.36. The highest BCUT2D eigenvalue weighted by atomic mass is 16.5. The van der Waals surface area contributed by atoms with Gasteiger partial charge in [-0.05, 0) is 42.3 Å². The summed E-state index contributed by atoms with van der Waals surface area (Å²) in [4.78, 5) is 2.43. The molecule has 1 saturated heterocycles. The Hall–Kier alpha value is -2.15. The molecule has 1 atom stereocenters. The van der Waals surface area contributed by atoms with Crippen LogP contribution in [0.2, 0.25) is 0 Å². The zero-order chi connectivity index (χ0) is 16.9. The fourth-order valence-electron chi connectivity index (χ4n) is 3.36. The van der Waals surface area contributed by atoms with E-state index in [1.807, 2.05) is 16.8 Å². The van der Waals surface area contributed by atoms with E-state index < -0.39 is 0 Å². The number of rotatable bonds is 7. The maximum atomic E-state index is 5.59. The summed E-state index contributed by atoms with van der Waals surface area (Å²) in [6.45, 7) is 4.78. The molecule has 0 bridgehead atoms. The molecule has 2 aromatic rings. The van der Waals surface area contributed by atoms with Gasteiger partial charge >= 0.3 is 0 Å². The summed E-state index contributed by atoms with van der Waals surface area (Å²) in [5.74, 6) is 2.61. The molecule has 1 aromatic carbocycles. The van der Waals surface area contributed by atoms with Crippen molar-refractivity contribution >= 4 is 0 Å². The summed E-state index contributed by atoms with van der Waals surface area (Å²) in [5, 5.41) is 12.1. The molecule has 0 saturated carbocycles. The molecule has 1 aromatic heterocycles. The van der Waals surface area contributed by atoms with Gasteiger partial charge in [0.2, 0.25) is 0 Å². The third-order valence-corrected chi connectivity index (χ3v) is 4.55. The van der Waals surface area contributed by atoms with Crippen molar-refractivity contribution in [3.8, 4) is 11.5 Å². The van der Waals surface area contributed by atoms with E-state index in [1.165, 1.54) is 5.56 Å². The van der Waals surface area contributed by atoms with Crippen LogP contribution in [-0.2, 0) is 13.1 Å². The molecule has 1 unspecified atom stereocenters. The second-order valence-electron chi connectivity index (χ2n) is 6.05. The Morgan fingerprint density at radius 3 is 2.88 bits per heavy atom. The van der Waals surface area contributed by atoms with Gasteiger partial charge in [-0.1, -0.05) is 13.0 Å². The molecule has 0 amide bonds. The van der Waals surface area contributed by atoms with Gasteiger partial charge in [-0.15, -0.1) is 5.10 Å². The second kappa shape index (κ2) is 7.61. The fraction of sp³-hybridized carbons (Fsp3) is 0.588. The maximum Gasteiger partial charge on any atom is 0.165 e. The molecule has 7 heteroatoms. The number of tetrazole rings is 1. The van der Waals surface area contributed by atoms with Gasteiger partial charge in [-0.25, -0.2) is 4.68 Å². The van der Waals surface area contributed by atoms with Crippen LogP contribution < -0.4 is 9.47 Å². The first-order valence-electron chi connectivity index (χ1n) is 8.47. The van der Waals surface area contributed by atoms with Gasteiger partial charge in [0.25, 0.3) is 0 Å². The lowest BCUT2D eigenvalue weighted by Gasteiger charge is -2.25. The summed E-state index contributed by atoms with van der Waals surface area (Å²) in [6.07, 6.45) is 3.29. The Bertz CT molecular complexity index is 673. The van der Waals surface area contributed by atoms with Gasteiger partial charge in [0.15, 0.2) is 5.82 Å². The predicted octanol–water partition coefficient (Wildman–Crippen LogP) is 2.44. The van der Waals surface area contributed by atoms with E-state index in [9.17, 15) is 0 Å². The standard InChI is InChI=1S/C17H25N5O2/c1-4-9-22-17(18-19-20-22)12-21-10-5-6-15(21)14-8-7-13(23-2)11-16(14)24-3/h7-8,11,15H,4-6,9-10,12H2,1-3H3. The minimum absolute atomic E-state index is 0.317. The molecule has 130 valence electrons. The Balaban J connectivity index is 1.82. The van der Waals surface area contributed by atoms with Gasteiger partial charge < -0.3 is 9.47 Å². The third-order valence-electron chi connectivity index (χ3n) is 4.55. The van der Waals surface area contributed by atoms with Crippen LogP contribution >= 0.6 is 0 Å². The Kier molecular flexibility index (Phi) is 5.30. The predicted molar refractivity (Wildman–Crippen MR) is 90.0 cm³/mol. The van der Waals surface area contributed by atoms with E-state index in [-0.39, 0.29) is 0 Å². The van der Waals surface area contributed by atoms with Gasteiger partial charge in [0.1, 0.15) is 11.5 Å². The molecular weight excluding hydrogens is 306 g/mol. The molecule has 3 rings (SSSR count). The SMILES string of the molecule is CCCn1nnnc1CN1CCCC1c1ccc(OC)cc1OC. The summed E-state index contributed by atoms with van der Waals surface area (Å²) >= 11 is 0. The van der Waals surface area contributed by atoms with Crippen LogP contribution in [0.4, 0.5) is 0 Å². The van der Waals surface area contributed by atoms with E-state index >= 15 is 0 Å². The molecule has 7 nitrogen and oxygen atoms in total. The number of methoxy groups -OCH3 is 2. The summed E-state index contributed by atoms with van der Waals surface area (Å²) in [5.41, 5.74) is 1.20. The minimum atomic E-state index is 0.317. The zero-order valence-corrected chi connectivity index (χ0v) is 14.6. The van der Waals surface area contributed by atoms with Crippen LogP contribution in [0.5, 0.6) is 11.5 Å². The highest BCUT2D eigenvalue weighted by Crippen LogP contribution is 2.39. The molecular formula is C17H25N5O2. The number of benzene rings is 1. The smallest absolute Gasteiger partial charge is 0.165 e. The number of aryl methyl sites for hydroxylation is 1. The molecule has 1 aliphatic heterocycles. The number of hydrogen-bond donors (Lipinski definition) is 0. The topological polar surface area (TPSA) is 65.3 Å². The van der Waals surface area contributed by atoms with Crippen LogP contribution in [0.1, 0.15) is 43.6 Å². The molecule has 1 fully saturated rings. The summed E-state index contributed by atoms with van der Waals surface area (Å²) in [7, 11) is 3.38. The van der Waals surface area contributed by atoms with Crippen molar-refractivity contribution in [2.75, 3.05) is 20.8 Å². The molecule has 2 heterocycles. The molecule has 0 spiro atoms. The second-order valence-corrected chi connectivity index (χ2v) is 6.05. The van der Waals surface area contributed by atoms with Crippen LogP contribution in [0.15, 0.2) is 18.2 Å². The van der Waals surface area contributed by atoms with E-state index in [2.05, 4.69) is 33.4 Å². The van der Waals surface area contributed by atoms with Gasteiger partial charge in [0.05, 0.1) is 20.8 Å². The van der Waals surface area contributed by atoms with Crippen molar-refractivity contribution in [2.24, 2.45) is 0 Å². The van der Waals surface area contributed by atoms with E-state index in [1.54, 1.807) is 14.2 Å². The minimum Gasteiger partial charge on any atom is -0.497 e. The van der Waals surface area contributed by atoms with Crippen molar-refractivity contribution in [3.63, 3.8) is 0 Å². The highest BCUT2D eigenvalue weighted by molar-refractivity contribution is 5.42. The number of likely N-dealkylation sites (tertiary alicyclic amines) is 1. The molecule has 24 heavy (non-hydrogen) atoms. The summed E-state index contributed by atoms with van der Waals surface area (Å²) < 4.78 is 12.8. The maximum absolute atomic E-state index is 5.59. The Labute approximate surface area is 142 Å². The average molecular weight is 331 g/mol. The van der Waals surface area contributed by atoms with Crippen LogP contribution in [0.3, 0.4) is 0 Å². The van der Waals surface area contributed by atoms with E-state index in [4.69, 9.17) is 9.47 Å². The van der Waals surface area contributed by atoms with Gasteiger partial charge in [0, 0.05) is 24.2 Å². The number of hydrogen-bond acceptors (Lipinski definition) is 6. The molecule has 0 aliphatic carbocycles. The number of aromatic nitrogens is 4. The number of ether oxygens (including phenoxy) is 2. The monoisotopic (exact) mass is 331 g/mol. The third kappa shape index (κ3) is 3.36. The quantitative estimate of drug-likeness (QED) is 0.776. The van der Waals surface area contributed by atoms with E-state index in [0.29, 0.717) is 6.04 Å². The highest BCUT2D eigenvalue weighted by Gasteiger charge is 2.29. The molecule has 0 N–H and O–H groups in total.